The van der Waals surface area contributed by atoms with E-state index in [1.807, 2.05) is 6.07 Å². The Balaban J connectivity index is 1.91. The summed E-state index contributed by atoms with van der Waals surface area (Å²) in [5, 5.41) is 0. The van der Waals surface area contributed by atoms with Crippen molar-refractivity contribution < 1.29 is 23.5 Å². The summed E-state index contributed by atoms with van der Waals surface area (Å²) in [6.07, 6.45) is 9.00. The van der Waals surface area contributed by atoms with Crippen molar-refractivity contribution in [1.29, 1.82) is 0 Å². The van der Waals surface area contributed by atoms with Gasteiger partial charge in [-0.2, -0.15) is 0 Å². The second kappa shape index (κ2) is 8.37. The lowest BCUT2D eigenvalue weighted by molar-refractivity contribution is -0.162. The molecule has 2 saturated carbocycles. The minimum absolute atomic E-state index is 0.0324. The van der Waals surface area contributed by atoms with Gasteiger partial charge in [-0.3, -0.25) is 9.59 Å². The number of fused-ring (bicyclic) bond motifs is 1. The lowest BCUT2D eigenvalue weighted by Gasteiger charge is -2.59. The molecule has 5 atom stereocenters. The predicted octanol–water partition coefficient (Wildman–Crippen LogP) is 5.10. The number of ether oxygens (including phenoxy) is 2. The molecule has 0 aromatic carbocycles. The van der Waals surface area contributed by atoms with Crippen LogP contribution in [0.15, 0.2) is 35.2 Å². The van der Waals surface area contributed by atoms with Gasteiger partial charge in [0, 0.05) is 19.3 Å². The number of hydrogen-bond donors (Lipinski definition) is 0. The minimum atomic E-state index is -0.283. The van der Waals surface area contributed by atoms with E-state index in [0.29, 0.717) is 6.61 Å². The van der Waals surface area contributed by atoms with Gasteiger partial charge in [-0.1, -0.05) is 26.8 Å². The summed E-state index contributed by atoms with van der Waals surface area (Å²) >= 11 is 0. The molecule has 1 aromatic rings. The number of carbonyl (C=O) groups is 2. The Morgan fingerprint density at radius 3 is 2.62 bits per heavy atom. The standard InChI is InChI=1S/C24H34O5/c1-16-20(8-7-19-9-12-27-14-19)24(5)11-6-10-23(4,15-28-17(2)25)22(24)13-21(16)29-18(3)26/h9,12,14,20-22H,1,6-8,10-11,13,15H2,2-5H3/t20-,21+,22-,23-,24+/m1/s1. The van der Waals surface area contributed by atoms with Crippen molar-refractivity contribution in [3.8, 4) is 0 Å². The summed E-state index contributed by atoms with van der Waals surface area (Å²) in [7, 11) is 0. The first-order valence-corrected chi connectivity index (χ1v) is 10.7. The molecule has 5 heteroatoms. The molecule has 2 aliphatic carbocycles. The average Bonchev–Trinajstić information content (AvgIpc) is 3.15. The SMILES string of the molecule is C=C1[C@@H](OC(C)=O)C[C@@H]2[C@@](C)(COC(C)=O)CCC[C@@]2(C)[C@@H]1CCc1ccoc1. The maximum Gasteiger partial charge on any atom is 0.303 e. The molecule has 3 rings (SSSR count). The lowest BCUT2D eigenvalue weighted by atomic mass is 9.46. The Morgan fingerprint density at radius 2 is 2.00 bits per heavy atom. The van der Waals surface area contributed by atoms with Crippen molar-refractivity contribution in [2.75, 3.05) is 6.61 Å². The highest BCUT2D eigenvalue weighted by Crippen LogP contribution is 2.62. The van der Waals surface area contributed by atoms with Crippen LogP contribution < -0.4 is 0 Å². The number of carbonyl (C=O) groups excluding carboxylic acids is 2. The van der Waals surface area contributed by atoms with Gasteiger partial charge in [0.15, 0.2) is 0 Å². The zero-order valence-electron chi connectivity index (χ0n) is 18.2. The Morgan fingerprint density at radius 1 is 1.24 bits per heavy atom. The van der Waals surface area contributed by atoms with Crippen molar-refractivity contribution in [2.24, 2.45) is 22.7 Å². The van der Waals surface area contributed by atoms with E-state index in [2.05, 4.69) is 20.4 Å². The molecule has 0 unspecified atom stereocenters. The number of rotatable bonds is 6. The van der Waals surface area contributed by atoms with Crippen LogP contribution >= 0.6 is 0 Å². The fourth-order valence-corrected chi connectivity index (χ4v) is 6.03. The molecule has 0 aliphatic heterocycles. The smallest absolute Gasteiger partial charge is 0.303 e. The highest BCUT2D eigenvalue weighted by molar-refractivity contribution is 5.66. The molecular formula is C24H34O5. The van der Waals surface area contributed by atoms with Gasteiger partial charge in [0.2, 0.25) is 0 Å². The van der Waals surface area contributed by atoms with Gasteiger partial charge in [0.25, 0.3) is 0 Å². The van der Waals surface area contributed by atoms with E-state index in [9.17, 15) is 9.59 Å². The summed E-state index contributed by atoms with van der Waals surface area (Å²) < 4.78 is 16.4. The minimum Gasteiger partial charge on any atom is -0.472 e. The van der Waals surface area contributed by atoms with Crippen molar-refractivity contribution in [2.45, 2.75) is 72.3 Å². The van der Waals surface area contributed by atoms with Crippen molar-refractivity contribution in [3.63, 3.8) is 0 Å². The van der Waals surface area contributed by atoms with Crippen molar-refractivity contribution in [1.82, 2.24) is 0 Å². The van der Waals surface area contributed by atoms with E-state index in [0.717, 1.165) is 44.1 Å². The fourth-order valence-electron chi connectivity index (χ4n) is 6.03. The van der Waals surface area contributed by atoms with Crippen molar-refractivity contribution >= 4 is 11.9 Å². The van der Waals surface area contributed by atoms with Gasteiger partial charge in [0.1, 0.15) is 6.10 Å². The van der Waals surface area contributed by atoms with E-state index in [1.54, 1.807) is 12.5 Å². The maximum absolute atomic E-state index is 11.8. The third-order valence-electron chi connectivity index (χ3n) is 7.42. The first kappa shape index (κ1) is 21.7. The fraction of sp³-hybridized carbons (Fsp3) is 0.667. The first-order chi connectivity index (χ1) is 13.7. The van der Waals surface area contributed by atoms with Gasteiger partial charge in [-0.05, 0) is 66.6 Å². The molecule has 0 saturated heterocycles. The van der Waals surface area contributed by atoms with Crippen LogP contribution in [0.3, 0.4) is 0 Å². The maximum atomic E-state index is 11.8. The summed E-state index contributed by atoms with van der Waals surface area (Å²) in [5.41, 5.74) is 2.10. The molecule has 1 aromatic heterocycles. The van der Waals surface area contributed by atoms with Gasteiger partial charge < -0.3 is 13.9 Å². The van der Waals surface area contributed by atoms with E-state index >= 15 is 0 Å². The Kier molecular flexibility index (Phi) is 6.25. The first-order valence-electron chi connectivity index (χ1n) is 10.7. The number of hydrogen-bond acceptors (Lipinski definition) is 5. The van der Waals surface area contributed by atoms with Crippen LogP contribution in [0, 0.1) is 22.7 Å². The third kappa shape index (κ3) is 4.44. The van der Waals surface area contributed by atoms with Crippen LogP contribution in [0.5, 0.6) is 0 Å². The predicted molar refractivity (Wildman–Crippen MR) is 110 cm³/mol. The summed E-state index contributed by atoms with van der Waals surface area (Å²) in [4.78, 5) is 23.3. The topological polar surface area (TPSA) is 65.7 Å². The van der Waals surface area contributed by atoms with Crippen LogP contribution in [-0.4, -0.2) is 24.6 Å². The summed E-state index contributed by atoms with van der Waals surface area (Å²) in [5.74, 6) is 0.00218. The molecule has 0 bridgehead atoms. The van der Waals surface area contributed by atoms with Crippen LogP contribution in [0.2, 0.25) is 0 Å². The lowest BCUT2D eigenvalue weighted by Crippen LogP contribution is -2.55. The quantitative estimate of drug-likeness (QED) is 0.489. The monoisotopic (exact) mass is 402 g/mol. The molecule has 0 amide bonds. The van der Waals surface area contributed by atoms with Crippen LogP contribution in [0.1, 0.15) is 65.4 Å². The Hall–Kier alpha value is -2.04. The number of furan rings is 1. The zero-order valence-corrected chi connectivity index (χ0v) is 18.2. The second-order valence-corrected chi connectivity index (χ2v) is 9.48. The van der Waals surface area contributed by atoms with E-state index in [4.69, 9.17) is 13.9 Å². The molecule has 160 valence electrons. The molecule has 0 N–H and O–H groups in total. The molecule has 29 heavy (non-hydrogen) atoms. The second-order valence-electron chi connectivity index (χ2n) is 9.48. The third-order valence-corrected chi connectivity index (χ3v) is 7.42. The van der Waals surface area contributed by atoms with Crippen LogP contribution in [0.25, 0.3) is 0 Å². The van der Waals surface area contributed by atoms with Gasteiger partial charge >= 0.3 is 11.9 Å². The normalized spacial score (nSPS) is 34.3. The highest BCUT2D eigenvalue weighted by Gasteiger charge is 2.57. The van der Waals surface area contributed by atoms with E-state index < -0.39 is 0 Å². The van der Waals surface area contributed by atoms with Gasteiger partial charge in [-0.25, -0.2) is 0 Å². The van der Waals surface area contributed by atoms with Crippen molar-refractivity contribution in [3.05, 3.63) is 36.3 Å². The molecule has 0 radical (unpaired) electrons. The van der Waals surface area contributed by atoms with E-state index in [1.165, 1.54) is 19.4 Å². The summed E-state index contributed by atoms with van der Waals surface area (Å²) in [6.45, 7) is 12.3. The zero-order chi connectivity index (χ0) is 21.2. The molecule has 1 heterocycles. The molecule has 2 fully saturated rings. The van der Waals surface area contributed by atoms with Crippen LogP contribution in [0.4, 0.5) is 0 Å². The van der Waals surface area contributed by atoms with E-state index in [-0.39, 0.29) is 40.7 Å². The van der Waals surface area contributed by atoms with Gasteiger partial charge in [-0.15, -0.1) is 0 Å². The Labute approximate surface area is 173 Å². The Bertz CT molecular complexity index is 751. The molecule has 2 aliphatic rings. The highest BCUT2D eigenvalue weighted by atomic mass is 16.5. The number of aryl methyl sites for hydroxylation is 1. The molecular weight excluding hydrogens is 368 g/mol. The average molecular weight is 403 g/mol. The largest absolute Gasteiger partial charge is 0.472 e. The summed E-state index contributed by atoms with van der Waals surface area (Å²) in [6, 6.07) is 2.00. The number of esters is 2. The van der Waals surface area contributed by atoms with Gasteiger partial charge in [0.05, 0.1) is 19.1 Å². The van der Waals surface area contributed by atoms with Crippen LogP contribution in [-0.2, 0) is 25.5 Å². The molecule has 5 nitrogen and oxygen atoms in total. The molecule has 0 spiro atoms.